The Morgan fingerprint density at radius 3 is 2.42 bits per heavy atom. The van der Waals surface area contributed by atoms with E-state index in [2.05, 4.69) is 20.6 Å². The van der Waals surface area contributed by atoms with E-state index in [1.54, 1.807) is 26.0 Å². The van der Waals surface area contributed by atoms with Crippen LogP contribution in [0.2, 0.25) is 0 Å². The van der Waals surface area contributed by atoms with Gasteiger partial charge >= 0.3 is 0 Å². The minimum Gasteiger partial charge on any atom is -0.284 e. The zero-order chi connectivity index (χ0) is 22.4. The highest BCUT2D eigenvalue weighted by Crippen LogP contribution is 2.27. The van der Waals surface area contributed by atoms with Crippen molar-refractivity contribution in [2.24, 2.45) is 0 Å². The molecule has 0 aliphatic rings. The number of aromatic nitrogens is 1. The van der Waals surface area contributed by atoms with Crippen LogP contribution in [0.1, 0.15) is 39.1 Å². The topological polar surface area (TPSA) is 117 Å². The van der Waals surface area contributed by atoms with E-state index in [-0.39, 0.29) is 17.0 Å². The van der Waals surface area contributed by atoms with Gasteiger partial charge < -0.3 is 0 Å². The van der Waals surface area contributed by atoms with Crippen molar-refractivity contribution >= 4 is 38.9 Å². The van der Waals surface area contributed by atoms with Gasteiger partial charge in [-0.3, -0.25) is 25.2 Å². The fourth-order valence-corrected chi connectivity index (χ4v) is 4.87. The van der Waals surface area contributed by atoms with Gasteiger partial charge in [-0.15, -0.1) is 11.3 Å². The van der Waals surface area contributed by atoms with Crippen molar-refractivity contribution < 1.29 is 18.0 Å². The number of nitrogens with one attached hydrogen (secondary N) is 3. The number of rotatable bonds is 7. The highest BCUT2D eigenvalue weighted by molar-refractivity contribution is 7.92. The first-order valence-electron chi connectivity index (χ1n) is 9.53. The Bertz CT molecular complexity index is 1190. The maximum atomic E-state index is 12.5. The number of hydrogen-bond acceptors (Lipinski definition) is 6. The van der Waals surface area contributed by atoms with Crippen molar-refractivity contribution in [1.29, 1.82) is 0 Å². The number of amides is 2. The zero-order valence-corrected chi connectivity index (χ0v) is 18.6. The first-order valence-corrected chi connectivity index (χ1v) is 12.0. The second kappa shape index (κ2) is 9.71. The van der Waals surface area contributed by atoms with Gasteiger partial charge in [0.2, 0.25) is 10.0 Å². The van der Waals surface area contributed by atoms with Crippen LogP contribution in [0, 0.1) is 6.92 Å². The van der Waals surface area contributed by atoms with Crippen LogP contribution in [-0.2, 0) is 10.0 Å². The van der Waals surface area contributed by atoms with Crippen LogP contribution in [0.3, 0.4) is 0 Å². The van der Waals surface area contributed by atoms with Crippen LogP contribution in [0.15, 0.2) is 54.6 Å². The molecule has 8 nitrogen and oxygen atoms in total. The van der Waals surface area contributed by atoms with Gasteiger partial charge in [0.15, 0.2) is 0 Å². The van der Waals surface area contributed by atoms with E-state index < -0.39 is 21.8 Å². The van der Waals surface area contributed by atoms with Gasteiger partial charge in [-0.05, 0) is 31.5 Å². The third-order valence-electron chi connectivity index (χ3n) is 4.18. The van der Waals surface area contributed by atoms with Gasteiger partial charge in [-0.25, -0.2) is 13.4 Å². The van der Waals surface area contributed by atoms with Crippen molar-refractivity contribution in [2.75, 3.05) is 10.5 Å². The molecular formula is C21H22N4O4S2. The smallest absolute Gasteiger partial charge is 0.281 e. The summed E-state index contributed by atoms with van der Waals surface area (Å²) in [6.07, 6.45) is 0.477. The molecule has 162 valence electrons. The summed E-state index contributed by atoms with van der Waals surface area (Å²) in [6, 6.07) is 15.5. The third-order valence-corrected chi connectivity index (χ3v) is 6.88. The predicted molar refractivity (Wildman–Crippen MR) is 121 cm³/mol. The molecule has 1 heterocycles. The van der Waals surface area contributed by atoms with E-state index in [9.17, 15) is 18.0 Å². The Hall–Kier alpha value is -3.24. The van der Waals surface area contributed by atoms with Crippen molar-refractivity contribution in [3.63, 3.8) is 0 Å². The van der Waals surface area contributed by atoms with E-state index in [4.69, 9.17) is 0 Å². The number of benzene rings is 2. The first-order chi connectivity index (χ1) is 14.8. The molecule has 3 rings (SSSR count). The van der Waals surface area contributed by atoms with Crippen LogP contribution in [0.5, 0.6) is 0 Å². The number of anilines is 1. The SMILES string of the molecule is CCCS(=O)(=O)Nc1cccc(C(=O)NNC(=O)c2sc(-c3ccccc3)nc2C)c1. The number of sulfonamides is 1. The molecule has 3 aromatic rings. The lowest BCUT2D eigenvalue weighted by Crippen LogP contribution is -2.41. The Balaban J connectivity index is 1.65. The minimum absolute atomic E-state index is 0.0152. The van der Waals surface area contributed by atoms with Crippen LogP contribution in [0.4, 0.5) is 5.69 Å². The molecule has 1 aromatic heterocycles. The normalized spacial score (nSPS) is 11.0. The molecule has 0 aliphatic heterocycles. The quantitative estimate of drug-likeness (QED) is 0.470. The van der Waals surface area contributed by atoms with Gasteiger partial charge in [0.05, 0.1) is 11.4 Å². The number of carbonyl (C=O) groups excluding carboxylic acids is 2. The first kappa shape index (κ1) is 22.4. The third kappa shape index (κ3) is 5.89. The second-order valence-electron chi connectivity index (χ2n) is 6.71. The molecule has 3 N–H and O–H groups in total. The lowest BCUT2D eigenvalue weighted by Gasteiger charge is -2.10. The lowest BCUT2D eigenvalue weighted by molar-refractivity contribution is 0.0848. The lowest BCUT2D eigenvalue weighted by atomic mass is 10.2. The maximum Gasteiger partial charge on any atom is 0.281 e. The van der Waals surface area contributed by atoms with E-state index in [0.717, 1.165) is 5.56 Å². The van der Waals surface area contributed by atoms with Crippen molar-refractivity contribution in [3.8, 4) is 10.6 Å². The molecular weight excluding hydrogens is 436 g/mol. The number of carbonyl (C=O) groups is 2. The number of nitrogens with zero attached hydrogens (tertiary/aromatic N) is 1. The van der Waals surface area contributed by atoms with Crippen molar-refractivity contribution in [3.05, 3.63) is 70.7 Å². The molecule has 0 radical (unpaired) electrons. The molecule has 0 atom stereocenters. The predicted octanol–water partition coefficient (Wildman–Crippen LogP) is 3.35. The second-order valence-corrected chi connectivity index (χ2v) is 9.55. The Morgan fingerprint density at radius 2 is 1.71 bits per heavy atom. The van der Waals surface area contributed by atoms with E-state index in [1.165, 1.54) is 23.5 Å². The Morgan fingerprint density at radius 1 is 1.00 bits per heavy atom. The summed E-state index contributed by atoms with van der Waals surface area (Å²) in [5, 5.41) is 0.710. The molecule has 0 saturated heterocycles. The van der Waals surface area contributed by atoms with Crippen LogP contribution >= 0.6 is 11.3 Å². The van der Waals surface area contributed by atoms with E-state index >= 15 is 0 Å². The average molecular weight is 459 g/mol. The molecule has 31 heavy (non-hydrogen) atoms. The largest absolute Gasteiger partial charge is 0.284 e. The van der Waals surface area contributed by atoms with Gasteiger partial charge in [0, 0.05) is 16.8 Å². The molecule has 0 aliphatic carbocycles. The monoisotopic (exact) mass is 458 g/mol. The number of thiazole rings is 1. The van der Waals surface area contributed by atoms with E-state index in [1.807, 2.05) is 30.3 Å². The number of hydrogen-bond donors (Lipinski definition) is 3. The molecule has 2 aromatic carbocycles. The van der Waals surface area contributed by atoms with Crippen molar-refractivity contribution in [1.82, 2.24) is 15.8 Å². The van der Waals surface area contributed by atoms with Gasteiger partial charge in [0.25, 0.3) is 11.8 Å². The van der Waals surface area contributed by atoms with Crippen LogP contribution < -0.4 is 15.6 Å². The van der Waals surface area contributed by atoms with Crippen LogP contribution in [-0.4, -0.2) is 31.0 Å². The Labute approximate surface area is 184 Å². The molecule has 0 bridgehead atoms. The van der Waals surface area contributed by atoms with E-state index in [0.29, 0.717) is 22.0 Å². The molecule has 0 saturated carbocycles. The summed E-state index contributed by atoms with van der Waals surface area (Å²) in [4.78, 5) is 29.8. The molecule has 10 heteroatoms. The standard InChI is InChI=1S/C21H22N4O4S2/c1-3-12-31(28,29)25-17-11-7-10-16(13-17)19(26)23-24-20(27)18-14(2)22-21(30-18)15-8-5-4-6-9-15/h4-11,13,25H,3,12H2,1-2H3,(H,23,26)(H,24,27). The average Bonchev–Trinajstić information content (AvgIpc) is 3.14. The highest BCUT2D eigenvalue weighted by Gasteiger charge is 2.17. The maximum absolute atomic E-state index is 12.5. The Kier molecular flexibility index (Phi) is 7.03. The molecule has 2 amide bonds. The summed E-state index contributed by atoms with van der Waals surface area (Å²) in [5.41, 5.74) is 6.67. The van der Waals surface area contributed by atoms with Gasteiger partial charge in [-0.1, -0.05) is 43.3 Å². The number of aryl methyl sites for hydroxylation is 1. The fourth-order valence-electron chi connectivity index (χ4n) is 2.78. The minimum atomic E-state index is -3.47. The fraction of sp³-hybridized carbons (Fsp3) is 0.190. The zero-order valence-electron chi connectivity index (χ0n) is 17.0. The summed E-state index contributed by atoms with van der Waals surface area (Å²) in [6.45, 7) is 3.49. The molecule has 0 unspecified atom stereocenters. The number of hydrazine groups is 1. The van der Waals surface area contributed by atoms with Gasteiger partial charge in [-0.2, -0.15) is 0 Å². The molecule has 0 spiro atoms. The summed E-state index contributed by atoms with van der Waals surface area (Å²) >= 11 is 1.23. The highest BCUT2D eigenvalue weighted by atomic mass is 32.2. The summed E-state index contributed by atoms with van der Waals surface area (Å²) in [5.74, 6) is -1.07. The van der Waals surface area contributed by atoms with Gasteiger partial charge in [0.1, 0.15) is 9.88 Å². The van der Waals surface area contributed by atoms with Crippen molar-refractivity contribution in [2.45, 2.75) is 20.3 Å². The summed E-state index contributed by atoms with van der Waals surface area (Å²) in [7, 11) is -3.47. The molecule has 0 fully saturated rings. The van der Waals surface area contributed by atoms with Crippen LogP contribution in [0.25, 0.3) is 10.6 Å². The summed E-state index contributed by atoms with van der Waals surface area (Å²) < 4.78 is 26.3.